The molecule has 2 saturated heterocycles. The second kappa shape index (κ2) is 10.8. The number of nitrogens with one attached hydrogen (secondary N) is 2. The minimum atomic E-state index is -1.28. The first-order valence-corrected chi connectivity index (χ1v) is 12.5. The van der Waals surface area contributed by atoms with Crippen molar-refractivity contribution in [3.05, 3.63) is 0 Å². The molecule has 1 amide bonds. The average molecular weight is 431 g/mol. The summed E-state index contributed by atoms with van der Waals surface area (Å²) in [5.74, 6) is 0.731. The zero-order valence-electron chi connectivity index (χ0n) is 17.6. The van der Waals surface area contributed by atoms with Crippen molar-refractivity contribution in [3.63, 3.8) is 0 Å². The largest absolute Gasteiger partial charge is 0.388 e. The van der Waals surface area contributed by atoms with Crippen LogP contribution in [0.2, 0.25) is 0 Å². The third-order valence-electron chi connectivity index (χ3n) is 6.94. The fourth-order valence-electron chi connectivity index (χ4n) is 5.28. The third-order valence-corrected chi connectivity index (χ3v) is 7.79. The van der Waals surface area contributed by atoms with Crippen LogP contribution in [0, 0.1) is 11.8 Å². The number of piperidine rings is 1. The highest BCUT2D eigenvalue weighted by Gasteiger charge is 2.49. The van der Waals surface area contributed by atoms with E-state index in [4.69, 9.17) is 4.74 Å². The summed E-state index contributed by atoms with van der Waals surface area (Å²) in [4.78, 5) is 13.1. The van der Waals surface area contributed by atoms with Crippen LogP contribution in [-0.2, 0) is 9.53 Å². The maximum absolute atomic E-state index is 13.1. The molecule has 0 aromatic carbocycles. The molecule has 168 valence electrons. The third kappa shape index (κ3) is 5.46. The Bertz CT molecular complexity index is 529. The molecule has 0 spiro atoms. The molecule has 1 saturated carbocycles. The van der Waals surface area contributed by atoms with Gasteiger partial charge in [0.15, 0.2) is 0 Å². The van der Waals surface area contributed by atoms with Crippen LogP contribution in [0.3, 0.4) is 0 Å². The van der Waals surface area contributed by atoms with Gasteiger partial charge in [-0.15, -0.1) is 11.8 Å². The van der Waals surface area contributed by atoms with Crippen LogP contribution in [0.4, 0.5) is 0 Å². The number of amides is 1. The molecule has 7 nitrogen and oxygen atoms in total. The Morgan fingerprint density at radius 3 is 2.55 bits per heavy atom. The lowest BCUT2D eigenvalue weighted by Crippen LogP contribution is -2.65. The Morgan fingerprint density at radius 2 is 1.90 bits per heavy atom. The number of ether oxygens (including phenoxy) is 1. The lowest BCUT2D eigenvalue weighted by molar-refractivity contribution is -0.208. The van der Waals surface area contributed by atoms with Crippen molar-refractivity contribution in [2.45, 2.75) is 100 Å². The van der Waals surface area contributed by atoms with Crippen LogP contribution in [0.5, 0.6) is 0 Å². The van der Waals surface area contributed by atoms with Crippen molar-refractivity contribution >= 4 is 17.7 Å². The summed E-state index contributed by atoms with van der Waals surface area (Å²) < 4.78 is 6.02. The molecule has 2 aliphatic heterocycles. The number of thioether (sulfide) groups is 1. The van der Waals surface area contributed by atoms with Crippen molar-refractivity contribution in [3.8, 4) is 0 Å². The van der Waals surface area contributed by atoms with Crippen LogP contribution in [0.25, 0.3) is 0 Å². The maximum Gasteiger partial charge on any atom is 0.237 e. The molecule has 2 heterocycles. The minimum Gasteiger partial charge on any atom is -0.388 e. The summed E-state index contributed by atoms with van der Waals surface area (Å²) in [6.07, 6.45) is 5.75. The van der Waals surface area contributed by atoms with Gasteiger partial charge in [-0.1, -0.05) is 32.6 Å². The van der Waals surface area contributed by atoms with Gasteiger partial charge in [-0.05, 0) is 50.3 Å². The summed E-state index contributed by atoms with van der Waals surface area (Å²) in [6, 6.07) is -0.595. The predicted octanol–water partition coefficient (Wildman–Crippen LogP) is 1.00. The fraction of sp³-hybridized carbons (Fsp3) is 0.952. The Hall–Kier alpha value is -0.380. The second-order valence-corrected chi connectivity index (χ2v) is 9.88. The van der Waals surface area contributed by atoms with Gasteiger partial charge in [0.1, 0.15) is 29.9 Å². The van der Waals surface area contributed by atoms with E-state index in [2.05, 4.69) is 17.6 Å². The Balaban J connectivity index is 1.72. The van der Waals surface area contributed by atoms with E-state index in [-0.39, 0.29) is 23.9 Å². The molecule has 8 atom stereocenters. The molecule has 3 fully saturated rings. The summed E-state index contributed by atoms with van der Waals surface area (Å²) >= 11 is 1.31. The van der Waals surface area contributed by atoms with Crippen molar-refractivity contribution in [1.82, 2.24) is 10.6 Å². The summed E-state index contributed by atoms with van der Waals surface area (Å²) in [7, 11) is 0. The average Bonchev–Trinajstić information content (AvgIpc) is 3.26. The van der Waals surface area contributed by atoms with E-state index in [0.717, 1.165) is 57.9 Å². The lowest BCUT2D eigenvalue weighted by Gasteiger charge is -2.45. The first-order valence-electron chi connectivity index (χ1n) is 11.2. The minimum absolute atomic E-state index is 0.0418. The number of aliphatic hydroxyl groups excluding tert-OH is 3. The first-order chi connectivity index (χ1) is 14.0. The number of aliphatic hydroxyl groups is 3. The zero-order chi connectivity index (χ0) is 21.0. The molecule has 1 aliphatic carbocycles. The number of rotatable bonds is 7. The smallest absolute Gasteiger partial charge is 0.237 e. The Morgan fingerprint density at radius 1 is 1.17 bits per heavy atom. The number of hydrogen-bond donors (Lipinski definition) is 5. The van der Waals surface area contributed by atoms with Crippen molar-refractivity contribution in [2.24, 2.45) is 11.8 Å². The van der Waals surface area contributed by atoms with Crippen molar-refractivity contribution in [2.75, 3.05) is 12.8 Å². The van der Waals surface area contributed by atoms with Gasteiger partial charge in [-0.25, -0.2) is 0 Å². The van der Waals surface area contributed by atoms with E-state index in [9.17, 15) is 20.1 Å². The number of hydrogen-bond acceptors (Lipinski definition) is 7. The number of carbonyl (C=O) groups is 1. The second-order valence-electron chi connectivity index (χ2n) is 8.94. The molecule has 3 rings (SSSR count). The molecule has 0 aromatic heterocycles. The molecule has 3 aliphatic rings. The van der Waals surface area contributed by atoms with E-state index in [0.29, 0.717) is 5.92 Å². The van der Waals surface area contributed by atoms with Crippen molar-refractivity contribution in [1.29, 1.82) is 0 Å². The molecular formula is C21H38N2O5S. The van der Waals surface area contributed by atoms with E-state index in [1.807, 2.05) is 0 Å². The molecular weight excluding hydrogens is 392 g/mol. The summed E-state index contributed by atoms with van der Waals surface area (Å²) in [5, 5.41) is 37.8. The van der Waals surface area contributed by atoms with Gasteiger partial charge in [-0.3, -0.25) is 4.79 Å². The van der Waals surface area contributed by atoms with Gasteiger partial charge in [-0.2, -0.15) is 0 Å². The molecule has 8 heteroatoms. The maximum atomic E-state index is 13.1. The summed E-state index contributed by atoms with van der Waals surface area (Å²) in [6.45, 7) is 3.02. The quantitative estimate of drug-likeness (QED) is 0.410. The Labute approximate surface area is 178 Å². The van der Waals surface area contributed by atoms with E-state index < -0.39 is 29.9 Å². The van der Waals surface area contributed by atoms with Crippen LogP contribution in [-0.4, -0.2) is 76.0 Å². The normalized spacial score (nSPS) is 40.0. The first kappa shape index (κ1) is 23.3. The standard InChI is InChI=1S/C21H38N2O5S/c1-3-6-12-9-10-22-14(11-12)20(27)23-15(13-7-4-5-8-13)19-17(25)16(24)18(26)21(28-19)29-2/h12-19,21-22,24-26H,3-11H2,1-2H3,(H,23,27)/t12?,14?,15?,16-,17+,18+,19+,21+/m0/s1. The van der Waals surface area contributed by atoms with Gasteiger partial charge in [0.2, 0.25) is 5.91 Å². The van der Waals surface area contributed by atoms with Gasteiger partial charge in [0, 0.05) is 0 Å². The predicted molar refractivity (Wildman–Crippen MR) is 114 cm³/mol. The van der Waals surface area contributed by atoms with Gasteiger partial charge < -0.3 is 30.7 Å². The molecule has 29 heavy (non-hydrogen) atoms. The monoisotopic (exact) mass is 430 g/mol. The van der Waals surface area contributed by atoms with Gasteiger partial charge in [0.25, 0.3) is 0 Å². The van der Waals surface area contributed by atoms with Crippen LogP contribution in [0.15, 0.2) is 0 Å². The van der Waals surface area contributed by atoms with Crippen LogP contribution in [0.1, 0.15) is 58.3 Å². The lowest BCUT2D eigenvalue weighted by atomic mass is 9.85. The topological polar surface area (TPSA) is 111 Å². The Kier molecular flexibility index (Phi) is 8.65. The van der Waals surface area contributed by atoms with E-state index in [1.54, 1.807) is 6.26 Å². The van der Waals surface area contributed by atoms with Gasteiger partial charge in [0.05, 0.1) is 12.1 Å². The molecule has 5 N–H and O–H groups in total. The summed E-state index contributed by atoms with van der Waals surface area (Å²) in [5.41, 5.74) is -0.624. The van der Waals surface area contributed by atoms with E-state index >= 15 is 0 Å². The zero-order valence-corrected chi connectivity index (χ0v) is 18.4. The molecule has 0 radical (unpaired) electrons. The SMILES string of the molecule is CCCC1CCNC(C(=O)NC(C2CCCC2)[C@H]2O[C@H](SC)[C@H](O)[C@@H](O)[C@H]2O)C1. The highest BCUT2D eigenvalue weighted by atomic mass is 32.2. The molecule has 3 unspecified atom stereocenters. The van der Waals surface area contributed by atoms with Crippen LogP contribution >= 0.6 is 11.8 Å². The van der Waals surface area contributed by atoms with Crippen molar-refractivity contribution < 1.29 is 24.9 Å². The van der Waals surface area contributed by atoms with E-state index in [1.165, 1.54) is 11.8 Å². The van der Waals surface area contributed by atoms with Gasteiger partial charge >= 0.3 is 0 Å². The fourth-order valence-corrected chi connectivity index (χ4v) is 5.96. The molecule has 0 aromatic rings. The highest BCUT2D eigenvalue weighted by Crippen LogP contribution is 2.36. The highest BCUT2D eigenvalue weighted by molar-refractivity contribution is 7.99. The van der Waals surface area contributed by atoms with Crippen LogP contribution < -0.4 is 10.6 Å². The molecule has 0 bridgehead atoms. The number of carbonyl (C=O) groups excluding carboxylic acids is 1.